The van der Waals surface area contributed by atoms with E-state index in [0.717, 1.165) is 39.3 Å². The molecule has 4 heteroatoms. The zero-order valence-electron chi connectivity index (χ0n) is 27.0. The van der Waals surface area contributed by atoms with Crippen LogP contribution in [0.3, 0.4) is 0 Å². The van der Waals surface area contributed by atoms with E-state index in [9.17, 15) is 0 Å². The molecule has 0 aliphatic carbocycles. The summed E-state index contributed by atoms with van der Waals surface area (Å²) in [5.41, 5.74) is 10.6. The molecule has 0 bridgehead atoms. The molecule has 50 heavy (non-hydrogen) atoms. The maximum Gasteiger partial charge on any atom is 0.160 e. The minimum Gasteiger partial charge on any atom is -0.309 e. The molecule has 0 radical (unpaired) electrons. The van der Waals surface area contributed by atoms with Crippen LogP contribution in [0.4, 0.5) is 0 Å². The van der Waals surface area contributed by atoms with Crippen LogP contribution in [0.1, 0.15) is 0 Å². The summed E-state index contributed by atoms with van der Waals surface area (Å²) in [5, 5.41) is 5.07. The van der Waals surface area contributed by atoms with Gasteiger partial charge in [0.25, 0.3) is 0 Å². The Bertz CT molecular complexity index is 2830. The van der Waals surface area contributed by atoms with Crippen molar-refractivity contribution < 1.29 is 0 Å². The fourth-order valence-electron chi connectivity index (χ4n) is 7.28. The molecular formula is C46H29N3S. The predicted octanol–water partition coefficient (Wildman–Crippen LogP) is 12.6. The second-order valence-electron chi connectivity index (χ2n) is 12.6. The monoisotopic (exact) mass is 655 g/mol. The zero-order chi connectivity index (χ0) is 33.0. The van der Waals surface area contributed by atoms with E-state index < -0.39 is 0 Å². The molecule has 0 saturated carbocycles. The lowest BCUT2D eigenvalue weighted by Gasteiger charge is -2.15. The maximum atomic E-state index is 5.24. The molecule has 234 valence electrons. The predicted molar refractivity (Wildman–Crippen MR) is 211 cm³/mol. The van der Waals surface area contributed by atoms with Gasteiger partial charge in [0.1, 0.15) is 0 Å². The third kappa shape index (κ3) is 4.73. The van der Waals surface area contributed by atoms with Gasteiger partial charge in [-0.1, -0.05) is 127 Å². The summed E-state index contributed by atoms with van der Waals surface area (Å²) in [6.45, 7) is 0. The van der Waals surface area contributed by atoms with Gasteiger partial charge in [-0.15, -0.1) is 11.3 Å². The summed E-state index contributed by atoms with van der Waals surface area (Å²) >= 11 is 1.85. The van der Waals surface area contributed by atoms with Crippen LogP contribution in [-0.4, -0.2) is 14.5 Å². The summed E-state index contributed by atoms with van der Waals surface area (Å²) in [7, 11) is 0. The first-order valence-electron chi connectivity index (χ1n) is 16.8. The summed E-state index contributed by atoms with van der Waals surface area (Å²) in [5.74, 6) is 0.701. The highest BCUT2D eigenvalue weighted by molar-refractivity contribution is 7.25. The second kappa shape index (κ2) is 11.7. The molecule has 0 fully saturated rings. The van der Waals surface area contributed by atoms with Crippen molar-refractivity contribution in [2.75, 3.05) is 0 Å². The highest BCUT2D eigenvalue weighted by Gasteiger charge is 2.18. The largest absolute Gasteiger partial charge is 0.309 e. The molecule has 0 saturated heterocycles. The summed E-state index contributed by atoms with van der Waals surface area (Å²) in [4.78, 5) is 10.4. The molecule has 7 aromatic carbocycles. The van der Waals surface area contributed by atoms with Crippen LogP contribution in [0.5, 0.6) is 0 Å². The number of hydrogen-bond donors (Lipinski definition) is 0. The van der Waals surface area contributed by atoms with Crippen molar-refractivity contribution in [2.24, 2.45) is 0 Å². The number of nitrogens with zero attached hydrogens (tertiary/aromatic N) is 3. The Kier molecular flexibility index (Phi) is 6.68. The van der Waals surface area contributed by atoms with Crippen LogP contribution in [-0.2, 0) is 0 Å². The average molecular weight is 656 g/mol. The van der Waals surface area contributed by atoms with Gasteiger partial charge >= 0.3 is 0 Å². The van der Waals surface area contributed by atoms with Crippen molar-refractivity contribution in [3.05, 3.63) is 176 Å². The summed E-state index contributed by atoms with van der Waals surface area (Å²) < 4.78 is 4.99. The van der Waals surface area contributed by atoms with E-state index in [4.69, 9.17) is 9.97 Å². The molecule has 0 atom stereocenters. The minimum atomic E-state index is 0.701. The van der Waals surface area contributed by atoms with Crippen molar-refractivity contribution in [2.45, 2.75) is 0 Å². The highest BCUT2D eigenvalue weighted by atomic mass is 32.1. The van der Waals surface area contributed by atoms with Gasteiger partial charge in [-0.3, -0.25) is 0 Å². The van der Waals surface area contributed by atoms with Crippen LogP contribution in [0, 0.1) is 0 Å². The first kappa shape index (κ1) is 28.6. The Balaban J connectivity index is 1.16. The van der Waals surface area contributed by atoms with Crippen LogP contribution >= 0.6 is 11.3 Å². The molecule has 0 N–H and O–H groups in total. The minimum absolute atomic E-state index is 0.701. The molecule has 0 aliphatic rings. The number of hydrogen-bond acceptors (Lipinski definition) is 3. The van der Waals surface area contributed by atoms with Gasteiger partial charge in [0.2, 0.25) is 0 Å². The van der Waals surface area contributed by atoms with Crippen molar-refractivity contribution >= 4 is 53.3 Å². The van der Waals surface area contributed by atoms with Gasteiger partial charge in [0, 0.05) is 47.6 Å². The first-order valence-corrected chi connectivity index (χ1v) is 17.6. The Morgan fingerprint density at radius 1 is 0.380 bits per heavy atom. The first-order chi connectivity index (χ1) is 24.8. The van der Waals surface area contributed by atoms with Crippen molar-refractivity contribution in [1.29, 1.82) is 0 Å². The van der Waals surface area contributed by atoms with E-state index >= 15 is 0 Å². The highest BCUT2D eigenvalue weighted by Crippen LogP contribution is 2.39. The maximum absolute atomic E-state index is 5.24. The van der Waals surface area contributed by atoms with Crippen LogP contribution < -0.4 is 0 Å². The average Bonchev–Trinajstić information content (AvgIpc) is 3.73. The molecule has 0 unspecified atom stereocenters. The Labute approximate surface area is 293 Å². The van der Waals surface area contributed by atoms with E-state index in [1.165, 1.54) is 47.5 Å². The fraction of sp³-hybridized carbons (Fsp3) is 0. The number of thiophene rings is 1. The fourth-order valence-corrected chi connectivity index (χ4v) is 8.37. The van der Waals surface area contributed by atoms with Crippen LogP contribution in [0.2, 0.25) is 0 Å². The number of para-hydroxylation sites is 3. The van der Waals surface area contributed by atoms with Crippen LogP contribution in [0.15, 0.2) is 176 Å². The third-order valence-electron chi connectivity index (χ3n) is 9.63. The SMILES string of the molecule is c1ccc(-c2nc(-c3cccc(-c4ccc5sc6ccccc6c5c4)c3)cc(-c3ccccc3-n3c4ccccc4c4ccccc43)n2)cc1. The van der Waals surface area contributed by atoms with Gasteiger partial charge in [-0.05, 0) is 59.7 Å². The molecule has 0 aliphatic heterocycles. The number of fused-ring (bicyclic) bond motifs is 6. The second-order valence-corrected chi connectivity index (χ2v) is 13.7. The van der Waals surface area contributed by atoms with Gasteiger partial charge < -0.3 is 4.57 Å². The van der Waals surface area contributed by atoms with Gasteiger partial charge in [0.05, 0.1) is 28.1 Å². The topological polar surface area (TPSA) is 30.7 Å². The van der Waals surface area contributed by atoms with Crippen molar-refractivity contribution in [3.63, 3.8) is 0 Å². The normalized spacial score (nSPS) is 11.6. The van der Waals surface area contributed by atoms with Crippen LogP contribution in [0.25, 0.3) is 92.7 Å². The Morgan fingerprint density at radius 3 is 1.80 bits per heavy atom. The van der Waals surface area contributed by atoms with E-state index in [0.29, 0.717) is 5.82 Å². The number of rotatable bonds is 5. The van der Waals surface area contributed by atoms with Gasteiger partial charge in [-0.25, -0.2) is 9.97 Å². The van der Waals surface area contributed by atoms with E-state index in [2.05, 4.69) is 162 Å². The lowest BCUT2D eigenvalue weighted by Crippen LogP contribution is -2.00. The summed E-state index contributed by atoms with van der Waals surface area (Å²) in [6.07, 6.45) is 0. The number of aromatic nitrogens is 3. The van der Waals surface area contributed by atoms with Gasteiger partial charge in [-0.2, -0.15) is 0 Å². The zero-order valence-corrected chi connectivity index (χ0v) is 27.8. The quantitative estimate of drug-likeness (QED) is 0.185. The lowest BCUT2D eigenvalue weighted by molar-refractivity contribution is 1.15. The Morgan fingerprint density at radius 2 is 0.980 bits per heavy atom. The molecule has 0 spiro atoms. The molecule has 0 amide bonds. The molecule has 10 rings (SSSR count). The standard InChI is InChI=1S/C46H29N3S/c1-2-13-30(14-3-1)46-47-39(33-16-12-15-31(27-33)32-25-26-45-38(28-32)36-19-7-11-24-44(36)50-45)29-40(48-46)37-20-6-10-23-43(37)49-41-21-8-4-17-34(41)35-18-5-9-22-42(35)49/h1-29H. The molecule has 3 aromatic heterocycles. The molecule has 3 nitrogen and oxygen atoms in total. The Hall–Kier alpha value is -6.36. The van der Waals surface area contributed by atoms with Gasteiger partial charge in [0.15, 0.2) is 5.82 Å². The van der Waals surface area contributed by atoms with Crippen molar-refractivity contribution in [3.8, 4) is 50.7 Å². The molecule has 10 aromatic rings. The molecule has 3 heterocycles. The number of benzene rings is 7. The smallest absolute Gasteiger partial charge is 0.160 e. The molecular weight excluding hydrogens is 627 g/mol. The van der Waals surface area contributed by atoms with E-state index in [1.807, 2.05) is 29.5 Å². The summed E-state index contributed by atoms with van der Waals surface area (Å²) in [6, 6.07) is 62.5. The van der Waals surface area contributed by atoms with E-state index in [1.54, 1.807) is 0 Å². The third-order valence-corrected chi connectivity index (χ3v) is 10.8. The lowest BCUT2D eigenvalue weighted by atomic mass is 9.99. The van der Waals surface area contributed by atoms with E-state index in [-0.39, 0.29) is 0 Å². The van der Waals surface area contributed by atoms with Crippen molar-refractivity contribution in [1.82, 2.24) is 14.5 Å².